The average molecular weight is 432 g/mol. The molecule has 0 radical (unpaired) electrons. The van der Waals surface area contributed by atoms with Gasteiger partial charge in [-0.1, -0.05) is 29.8 Å². The van der Waals surface area contributed by atoms with Crippen molar-refractivity contribution in [3.05, 3.63) is 99.6 Å². The Hall–Kier alpha value is -4.53. The van der Waals surface area contributed by atoms with Crippen molar-refractivity contribution < 1.29 is 19.2 Å². The molecular formula is C23H20N4O5. The van der Waals surface area contributed by atoms with Crippen LogP contribution in [0.1, 0.15) is 21.5 Å². The number of nitro benzene ring substituents is 1. The van der Waals surface area contributed by atoms with Crippen LogP contribution in [-0.4, -0.2) is 29.6 Å². The number of rotatable bonds is 8. The van der Waals surface area contributed by atoms with Crippen molar-refractivity contribution in [2.24, 2.45) is 5.10 Å². The van der Waals surface area contributed by atoms with Crippen molar-refractivity contribution in [2.75, 3.05) is 11.9 Å². The molecule has 9 heteroatoms. The molecule has 0 heterocycles. The number of ether oxygens (including phenoxy) is 1. The van der Waals surface area contributed by atoms with E-state index in [0.29, 0.717) is 5.56 Å². The highest BCUT2D eigenvalue weighted by Crippen LogP contribution is 2.16. The zero-order chi connectivity index (χ0) is 22.9. The van der Waals surface area contributed by atoms with Crippen LogP contribution in [0.15, 0.2) is 77.9 Å². The normalized spacial score (nSPS) is 10.5. The molecule has 3 aromatic rings. The number of benzene rings is 3. The maximum Gasteiger partial charge on any atom is 0.343 e. The van der Waals surface area contributed by atoms with E-state index >= 15 is 0 Å². The summed E-state index contributed by atoms with van der Waals surface area (Å²) < 4.78 is 5.30. The van der Waals surface area contributed by atoms with E-state index in [-0.39, 0.29) is 29.5 Å². The van der Waals surface area contributed by atoms with E-state index in [1.807, 2.05) is 31.2 Å². The maximum absolute atomic E-state index is 12.2. The summed E-state index contributed by atoms with van der Waals surface area (Å²) in [7, 11) is 0. The van der Waals surface area contributed by atoms with E-state index in [1.54, 1.807) is 24.3 Å². The van der Waals surface area contributed by atoms with Gasteiger partial charge in [-0.3, -0.25) is 14.9 Å². The lowest BCUT2D eigenvalue weighted by Crippen LogP contribution is -2.25. The van der Waals surface area contributed by atoms with E-state index in [4.69, 9.17) is 4.74 Å². The predicted molar refractivity (Wildman–Crippen MR) is 120 cm³/mol. The van der Waals surface area contributed by atoms with Gasteiger partial charge in [0, 0.05) is 17.8 Å². The first kappa shape index (κ1) is 22.2. The zero-order valence-electron chi connectivity index (χ0n) is 17.1. The quantitative estimate of drug-likeness (QED) is 0.184. The summed E-state index contributed by atoms with van der Waals surface area (Å²) in [6.07, 6.45) is 1.42. The molecular weight excluding hydrogens is 412 g/mol. The standard InChI is InChI=1S/C23H20N4O5/c1-16-5-9-19(10-6-16)24-15-22(28)26-25-14-17-3-2-4-21(13-17)32-23(29)18-7-11-20(12-8-18)27(30)31/h2-14,24H,15H2,1H3,(H,26,28)/b25-14+. The summed E-state index contributed by atoms with van der Waals surface area (Å²) in [5.74, 6) is -0.697. The molecule has 0 spiro atoms. The molecule has 2 N–H and O–H groups in total. The largest absolute Gasteiger partial charge is 0.423 e. The fraction of sp³-hybridized carbons (Fsp3) is 0.0870. The van der Waals surface area contributed by atoms with Crippen LogP contribution in [0.4, 0.5) is 11.4 Å². The average Bonchev–Trinajstić information content (AvgIpc) is 2.79. The SMILES string of the molecule is Cc1ccc(NCC(=O)N/N=C/c2cccc(OC(=O)c3ccc([N+](=O)[O-])cc3)c2)cc1. The number of nitro groups is 1. The van der Waals surface area contributed by atoms with Gasteiger partial charge in [0.25, 0.3) is 11.6 Å². The summed E-state index contributed by atoms with van der Waals surface area (Å²) in [6, 6.07) is 19.3. The minimum atomic E-state index is -0.649. The van der Waals surface area contributed by atoms with Gasteiger partial charge in [-0.2, -0.15) is 5.10 Å². The molecule has 0 aliphatic heterocycles. The Labute approximate surface area is 183 Å². The molecule has 3 aromatic carbocycles. The molecule has 0 saturated heterocycles. The highest BCUT2D eigenvalue weighted by Gasteiger charge is 2.11. The third-order valence-electron chi connectivity index (χ3n) is 4.29. The number of hydrogen-bond donors (Lipinski definition) is 2. The number of nitrogens with zero attached hydrogens (tertiary/aromatic N) is 2. The molecule has 162 valence electrons. The Bertz CT molecular complexity index is 1140. The summed E-state index contributed by atoms with van der Waals surface area (Å²) in [5, 5.41) is 17.6. The summed E-state index contributed by atoms with van der Waals surface area (Å²) >= 11 is 0. The number of carbonyl (C=O) groups excluding carboxylic acids is 2. The molecule has 0 fully saturated rings. The van der Waals surface area contributed by atoms with Crippen molar-refractivity contribution in [2.45, 2.75) is 6.92 Å². The fourth-order valence-corrected chi connectivity index (χ4v) is 2.62. The van der Waals surface area contributed by atoms with E-state index in [1.165, 1.54) is 30.5 Å². The van der Waals surface area contributed by atoms with Gasteiger partial charge in [-0.05, 0) is 48.9 Å². The number of hydrazone groups is 1. The first-order valence-corrected chi connectivity index (χ1v) is 9.60. The number of carbonyl (C=O) groups is 2. The predicted octanol–water partition coefficient (Wildman–Crippen LogP) is 3.68. The number of hydrogen-bond acceptors (Lipinski definition) is 7. The molecule has 0 saturated carbocycles. The highest BCUT2D eigenvalue weighted by molar-refractivity contribution is 5.91. The van der Waals surface area contributed by atoms with Crippen molar-refractivity contribution >= 4 is 29.5 Å². The highest BCUT2D eigenvalue weighted by atomic mass is 16.6. The van der Waals surface area contributed by atoms with Gasteiger partial charge >= 0.3 is 5.97 Å². The van der Waals surface area contributed by atoms with Gasteiger partial charge in [0.15, 0.2) is 0 Å². The number of anilines is 1. The van der Waals surface area contributed by atoms with Crippen LogP contribution < -0.4 is 15.5 Å². The minimum Gasteiger partial charge on any atom is -0.423 e. The Balaban J connectivity index is 1.51. The third kappa shape index (κ3) is 6.49. The number of amides is 1. The Kier molecular flexibility index (Phi) is 7.26. The van der Waals surface area contributed by atoms with Crippen LogP contribution in [0.3, 0.4) is 0 Å². The second-order valence-corrected chi connectivity index (χ2v) is 6.78. The lowest BCUT2D eigenvalue weighted by Gasteiger charge is -2.06. The molecule has 0 unspecified atom stereocenters. The molecule has 32 heavy (non-hydrogen) atoms. The van der Waals surface area contributed by atoms with Crippen molar-refractivity contribution in [1.29, 1.82) is 0 Å². The molecule has 9 nitrogen and oxygen atoms in total. The zero-order valence-corrected chi connectivity index (χ0v) is 17.1. The topological polar surface area (TPSA) is 123 Å². The Morgan fingerprint density at radius 3 is 2.47 bits per heavy atom. The first-order valence-electron chi connectivity index (χ1n) is 9.60. The van der Waals surface area contributed by atoms with Gasteiger partial charge in [-0.15, -0.1) is 0 Å². The van der Waals surface area contributed by atoms with Gasteiger partial charge < -0.3 is 10.1 Å². The summed E-state index contributed by atoms with van der Waals surface area (Å²) in [4.78, 5) is 34.3. The molecule has 3 rings (SSSR count). The number of esters is 1. The number of aryl methyl sites for hydroxylation is 1. The fourth-order valence-electron chi connectivity index (χ4n) is 2.62. The van der Waals surface area contributed by atoms with E-state index in [2.05, 4.69) is 15.8 Å². The lowest BCUT2D eigenvalue weighted by atomic mass is 10.2. The Morgan fingerprint density at radius 1 is 1.06 bits per heavy atom. The molecule has 0 atom stereocenters. The van der Waals surface area contributed by atoms with Crippen molar-refractivity contribution in [3.8, 4) is 5.75 Å². The minimum absolute atomic E-state index is 0.0628. The summed E-state index contributed by atoms with van der Waals surface area (Å²) in [6.45, 7) is 2.05. The van der Waals surface area contributed by atoms with Gasteiger partial charge in [0.05, 0.1) is 23.2 Å². The monoisotopic (exact) mass is 432 g/mol. The van der Waals surface area contributed by atoms with Crippen LogP contribution >= 0.6 is 0 Å². The maximum atomic E-state index is 12.2. The van der Waals surface area contributed by atoms with Crippen LogP contribution in [0.25, 0.3) is 0 Å². The Morgan fingerprint density at radius 2 is 1.78 bits per heavy atom. The van der Waals surface area contributed by atoms with Crippen molar-refractivity contribution in [3.63, 3.8) is 0 Å². The van der Waals surface area contributed by atoms with Crippen LogP contribution in [0.5, 0.6) is 5.75 Å². The van der Waals surface area contributed by atoms with Crippen molar-refractivity contribution in [1.82, 2.24) is 5.43 Å². The second-order valence-electron chi connectivity index (χ2n) is 6.78. The summed E-state index contributed by atoms with van der Waals surface area (Å²) in [5.41, 5.74) is 5.05. The molecule has 0 aromatic heterocycles. The molecule has 0 bridgehead atoms. The molecule has 0 aliphatic carbocycles. The number of nitrogens with one attached hydrogen (secondary N) is 2. The van der Waals surface area contributed by atoms with Gasteiger partial charge in [0.2, 0.25) is 0 Å². The van der Waals surface area contributed by atoms with Crippen LogP contribution in [0.2, 0.25) is 0 Å². The van der Waals surface area contributed by atoms with Crippen LogP contribution in [0, 0.1) is 17.0 Å². The lowest BCUT2D eigenvalue weighted by molar-refractivity contribution is -0.384. The van der Waals surface area contributed by atoms with E-state index in [0.717, 1.165) is 11.3 Å². The van der Waals surface area contributed by atoms with E-state index < -0.39 is 10.9 Å². The third-order valence-corrected chi connectivity index (χ3v) is 4.29. The number of non-ortho nitro benzene ring substituents is 1. The van der Waals surface area contributed by atoms with Gasteiger partial charge in [-0.25, -0.2) is 10.2 Å². The van der Waals surface area contributed by atoms with E-state index in [9.17, 15) is 19.7 Å². The molecule has 1 amide bonds. The first-order chi connectivity index (χ1) is 15.4. The van der Waals surface area contributed by atoms with Gasteiger partial charge in [0.1, 0.15) is 5.75 Å². The second kappa shape index (κ2) is 10.5. The smallest absolute Gasteiger partial charge is 0.343 e. The molecule has 0 aliphatic rings. The van der Waals surface area contributed by atoms with Crippen LogP contribution in [-0.2, 0) is 4.79 Å².